The first-order valence-corrected chi connectivity index (χ1v) is 8.81. The van der Waals surface area contributed by atoms with Crippen molar-refractivity contribution >= 4 is 17.4 Å². The molecule has 5 nitrogen and oxygen atoms in total. The summed E-state index contributed by atoms with van der Waals surface area (Å²) in [6, 6.07) is 10.3. The van der Waals surface area contributed by atoms with Crippen LogP contribution < -0.4 is 15.5 Å². The molecule has 2 heterocycles. The molecule has 1 aromatic heterocycles. The molecule has 0 bridgehead atoms. The van der Waals surface area contributed by atoms with Crippen LogP contribution in [0.25, 0.3) is 0 Å². The molecule has 1 aliphatic heterocycles. The highest BCUT2D eigenvalue weighted by Crippen LogP contribution is 2.25. The number of anilines is 2. The Morgan fingerprint density at radius 3 is 2.40 bits per heavy atom. The van der Waals surface area contributed by atoms with Crippen LogP contribution in [-0.2, 0) is 0 Å². The largest absolute Gasteiger partial charge is 0.369 e. The van der Waals surface area contributed by atoms with Gasteiger partial charge in [-0.3, -0.25) is 4.79 Å². The average Bonchev–Trinajstić information content (AvgIpc) is 2.83. The number of carbonyl (C=O) groups is 1. The van der Waals surface area contributed by atoms with Crippen LogP contribution in [-0.4, -0.2) is 37.1 Å². The molecule has 0 spiro atoms. The third-order valence-electron chi connectivity index (χ3n) is 4.96. The van der Waals surface area contributed by atoms with Gasteiger partial charge in [0.05, 0.1) is 5.56 Å². The molecule has 3 rings (SSSR count). The van der Waals surface area contributed by atoms with Gasteiger partial charge in [0.2, 0.25) is 0 Å². The summed E-state index contributed by atoms with van der Waals surface area (Å²) >= 11 is 0. The van der Waals surface area contributed by atoms with Crippen LogP contribution in [0.15, 0.2) is 30.3 Å². The van der Waals surface area contributed by atoms with Gasteiger partial charge >= 0.3 is 0 Å². The fourth-order valence-corrected chi connectivity index (χ4v) is 3.40. The van der Waals surface area contributed by atoms with Gasteiger partial charge in [0.25, 0.3) is 5.91 Å². The Balaban J connectivity index is 1.86. The minimum atomic E-state index is -0.411. The van der Waals surface area contributed by atoms with E-state index in [-0.39, 0.29) is 0 Å². The molecule has 2 N–H and O–H groups in total. The lowest BCUT2D eigenvalue weighted by molar-refractivity contribution is 0.100. The zero-order valence-corrected chi connectivity index (χ0v) is 15.2. The third-order valence-corrected chi connectivity index (χ3v) is 4.96. The van der Waals surface area contributed by atoms with Crippen molar-refractivity contribution < 1.29 is 4.79 Å². The van der Waals surface area contributed by atoms with Crippen molar-refractivity contribution in [2.24, 2.45) is 5.73 Å². The smallest absolute Gasteiger partial charge is 0.252 e. The number of aromatic nitrogens is 1. The molecule has 0 radical (unpaired) electrons. The van der Waals surface area contributed by atoms with Gasteiger partial charge in [0.1, 0.15) is 5.82 Å². The van der Waals surface area contributed by atoms with Gasteiger partial charge in [-0.05, 0) is 50.5 Å². The Labute approximate surface area is 149 Å². The molecule has 0 atom stereocenters. The van der Waals surface area contributed by atoms with Crippen molar-refractivity contribution in [1.82, 2.24) is 4.98 Å². The third kappa shape index (κ3) is 3.60. The lowest BCUT2D eigenvalue weighted by Crippen LogP contribution is -2.33. The van der Waals surface area contributed by atoms with Crippen molar-refractivity contribution in [2.75, 3.05) is 36.0 Å². The summed E-state index contributed by atoms with van der Waals surface area (Å²) in [5, 5.41) is 0. The topological polar surface area (TPSA) is 62.5 Å². The second kappa shape index (κ2) is 7.13. The number of hydrogen-bond acceptors (Lipinski definition) is 4. The standard InChI is InChI=1S/C20H26N4O/c1-14-7-4-5-8-18(14)23-9-6-10-24(12-11-23)20-17(19(21)25)13-15(2)16(3)22-20/h4-5,7-8,13H,6,9-12H2,1-3H3,(H2,21,25). The van der Waals surface area contributed by atoms with Crippen LogP contribution in [0.5, 0.6) is 0 Å². The minimum absolute atomic E-state index is 0.411. The molecule has 1 saturated heterocycles. The number of nitrogens with zero attached hydrogens (tertiary/aromatic N) is 3. The molecule has 25 heavy (non-hydrogen) atoms. The summed E-state index contributed by atoms with van der Waals surface area (Å²) in [5.41, 5.74) is 10.6. The van der Waals surface area contributed by atoms with Crippen LogP contribution >= 0.6 is 0 Å². The molecule has 5 heteroatoms. The zero-order valence-electron chi connectivity index (χ0n) is 15.2. The van der Waals surface area contributed by atoms with E-state index in [9.17, 15) is 4.79 Å². The summed E-state index contributed by atoms with van der Waals surface area (Å²) in [6.07, 6.45) is 1.02. The molecule has 1 aliphatic rings. The first-order chi connectivity index (χ1) is 12.0. The summed E-state index contributed by atoms with van der Waals surface area (Å²) in [5.74, 6) is 0.313. The number of aryl methyl sites for hydroxylation is 3. The van der Waals surface area contributed by atoms with E-state index in [4.69, 9.17) is 5.73 Å². The van der Waals surface area contributed by atoms with Crippen molar-refractivity contribution in [3.63, 3.8) is 0 Å². The minimum Gasteiger partial charge on any atom is -0.369 e. The second-order valence-electron chi connectivity index (χ2n) is 6.74. The highest BCUT2D eigenvalue weighted by Gasteiger charge is 2.22. The normalized spacial score (nSPS) is 15.2. The van der Waals surface area contributed by atoms with Gasteiger partial charge in [-0.25, -0.2) is 4.98 Å². The van der Waals surface area contributed by atoms with Crippen LogP contribution in [0, 0.1) is 20.8 Å². The van der Waals surface area contributed by atoms with E-state index >= 15 is 0 Å². The predicted molar refractivity (Wildman–Crippen MR) is 102 cm³/mol. The maximum atomic E-state index is 11.9. The fourth-order valence-electron chi connectivity index (χ4n) is 3.40. The molecule has 2 aromatic rings. The highest BCUT2D eigenvalue weighted by atomic mass is 16.1. The molecule has 1 fully saturated rings. The molecule has 1 amide bonds. The summed E-state index contributed by atoms with van der Waals surface area (Å²) in [6.45, 7) is 9.67. The zero-order chi connectivity index (χ0) is 18.0. The van der Waals surface area contributed by atoms with E-state index in [1.54, 1.807) is 0 Å². The number of para-hydroxylation sites is 1. The quantitative estimate of drug-likeness (QED) is 0.935. The van der Waals surface area contributed by atoms with Gasteiger partial charge in [-0.2, -0.15) is 0 Å². The van der Waals surface area contributed by atoms with Crippen molar-refractivity contribution in [1.29, 1.82) is 0 Å². The van der Waals surface area contributed by atoms with Gasteiger partial charge in [-0.1, -0.05) is 18.2 Å². The fraction of sp³-hybridized carbons (Fsp3) is 0.400. The van der Waals surface area contributed by atoms with E-state index in [0.29, 0.717) is 5.56 Å². The second-order valence-corrected chi connectivity index (χ2v) is 6.74. The molecule has 1 aromatic carbocycles. The van der Waals surface area contributed by atoms with Gasteiger partial charge in [-0.15, -0.1) is 0 Å². The number of nitrogens with two attached hydrogens (primary N) is 1. The summed E-state index contributed by atoms with van der Waals surface area (Å²) < 4.78 is 0. The van der Waals surface area contributed by atoms with Gasteiger partial charge in [0, 0.05) is 37.6 Å². The van der Waals surface area contributed by atoms with E-state index in [1.807, 2.05) is 19.9 Å². The first kappa shape index (κ1) is 17.3. The maximum absolute atomic E-state index is 11.9. The Morgan fingerprint density at radius 1 is 1.00 bits per heavy atom. The molecule has 132 valence electrons. The van der Waals surface area contributed by atoms with Crippen LogP contribution in [0.2, 0.25) is 0 Å². The predicted octanol–water partition coefficient (Wildman–Crippen LogP) is 2.82. The number of rotatable bonds is 3. The molecule has 0 unspecified atom stereocenters. The number of primary amides is 1. The SMILES string of the molecule is Cc1ccccc1N1CCCN(c2nc(C)c(C)cc2C(N)=O)CC1. The lowest BCUT2D eigenvalue weighted by atomic mass is 10.1. The van der Waals surface area contributed by atoms with Crippen LogP contribution in [0.1, 0.15) is 33.6 Å². The Hall–Kier alpha value is -2.56. The highest BCUT2D eigenvalue weighted by molar-refractivity contribution is 5.98. The average molecular weight is 338 g/mol. The molecule has 0 aliphatic carbocycles. The molecular weight excluding hydrogens is 312 g/mol. The number of amides is 1. The number of hydrogen-bond donors (Lipinski definition) is 1. The van der Waals surface area contributed by atoms with Crippen LogP contribution in [0.4, 0.5) is 11.5 Å². The first-order valence-electron chi connectivity index (χ1n) is 8.81. The van der Waals surface area contributed by atoms with E-state index in [1.165, 1.54) is 11.3 Å². The van der Waals surface area contributed by atoms with Crippen molar-refractivity contribution in [3.8, 4) is 0 Å². The Morgan fingerprint density at radius 2 is 1.68 bits per heavy atom. The maximum Gasteiger partial charge on any atom is 0.252 e. The Kier molecular flexibility index (Phi) is 4.93. The summed E-state index contributed by atoms with van der Waals surface area (Å²) in [7, 11) is 0. The number of pyridine rings is 1. The number of carbonyl (C=O) groups excluding carboxylic acids is 1. The Bertz CT molecular complexity index is 787. The molecule has 0 saturated carbocycles. The number of benzene rings is 1. The van der Waals surface area contributed by atoms with E-state index in [0.717, 1.165) is 49.7 Å². The van der Waals surface area contributed by atoms with Gasteiger partial charge in [0.15, 0.2) is 0 Å². The summed E-state index contributed by atoms with van der Waals surface area (Å²) in [4.78, 5) is 21.2. The monoisotopic (exact) mass is 338 g/mol. The van der Waals surface area contributed by atoms with Crippen molar-refractivity contribution in [3.05, 3.63) is 52.7 Å². The van der Waals surface area contributed by atoms with E-state index in [2.05, 4.69) is 46.0 Å². The van der Waals surface area contributed by atoms with Gasteiger partial charge < -0.3 is 15.5 Å². The van der Waals surface area contributed by atoms with Crippen LogP contribution in [0.3, 0.4) is 0 Å². The van der Waals surface area contributed by atoms with E-state index < -0.39 is 5.91 Å². The van der Waals surface area contributed by atoms with Crippen molar-refractivity contribution in [2.45, 2.75) is 27.2 Å². The molecular formula is C20H26N4O. The lowest BCUT2D eigenvalue weighted by Gasteiger charge is -2.26.